The normalized spacial score (nSPS) is 17.8. The van der Waals surface area contributed by atoms with Crippen LogP contribution in [0.1, 0.15) is 22.3 Å². The Morgan fingerprint density at radius 1 is 1.35 bits per heavy atom. The van der Waals surface area contributed by atoms with E-state index >= 15 is 0 Å². The molecule has 0 spiro atoms. The summed E-state index contributed by atoms with van der Waals surface area (Å²) >= 11 is 0. The zero-order valence-corrected chi connectivity index (χ0v) is 13.6. The summed E-state index contributed by atoms with van der Waals surface area (Å²) in [5.41, 5.74) is 0.753. The van der Waals surface area contributed by atoms with Gasteiger partial charge in [0.25, 0.3) is 0 Å². The number of hydrogen-bond acceptors (Lipinski definition) is 5. The number of carboxylic acids is 1. The van der Waals surface area contributed by atoms with Gasteiger partial charge in [-0.3, -0.25) is 9.69 Å². The topological polar surface area (TPSA) is 88.1 Å². The van der Waals surface area contributed by atoms with Crippen LogP contribution in [0.3, 0.4) is 0 Å². The van der Waals surface area contributed by atoms with E-state index in [0.29, 0.717) is 30.2 Å². The molecule has 1 heterocycles. The molecule has 7 nitrogen and oxygen atoms in total. The summed E-state index contributed by atoms with van der Waals surface area (Å²) in [6.07, 6.45) is 0.764. The van der Waals surface area contributed by atoms with Crippen LogP contribution in [0.5, 0.6) is 11.5 Å². The van der Waals surface area contributed by atoms with Crippen molar-refractivity contribution in [1.82, 2.24) is 10.2 Å². The van der Waals surface area contributed by atoms with Gasteiger partial charge in [-0.1, -0.05) is 0 Å². The molecular weight excluding hydrogens is 300 g/mol. The molecule has 0 radical (unpaired) electrons. The van der Waals surface area contributed by atoms with E-state index in [9.17, 15) is 14.7 Å². The van der Waals surface area contributed by atoms with Gasteiger partial charge in [0.1, 0.15) is 11.5 Å². The van der Waals surface area contributed by atoms with Crippen molar-refractivity contribution in [1.29, 1.82) is 0 Å². The van der Waals surface area contributed by atoms with Crippen LogP contribution < -0.4 is 14.8 Å². The maximum atomic E-state index is 11.7. The predicted molar refractivity (Wildman–Crippen MR) is 84.0 cm³/mol. The zero-order chi connectivity index (χ0) is 17.0. The SMILES string of the molecule is CNC(=O)C1CCN(Cc2c(OC)cc(OC)cc2C(=O)O)C1. The average molecular weight is 322 g/mol. The lowest BCUT2D eigenvalue weighted by atomic mass is 10.0. The third-order valence-corrected chi connectivity index (χ3v) is 4.14. The van der Waals surface area contributed by atoms with Crippen LogP contribution >= 0.6 is 0 Å². The maximum Gasteiger partial charge on any atom is 0.336 e. The molecule has 1 aromatic rings. The van der Waals surface area contributed by atoms with E-state index in [-0.39, 0.29) is 17.4 Å². The highest BCUT2D eigenvalue weighted by Crippen LogP contribution is 2.31. The van der Waals surface area contributed by atoms with E-state index < -0.39 is 5.97 Å². The molecule has 1 unspecified atom stereocenters. The van der Waals surface area contributed by atoms with Crippen molar-refractivity contribution >= 4 is 11.9 Å². The number of aromatic carboxylic acids is 1. The van der Waals surface area contributed by atoms with Gasteiger partial charge in [0.15, 0.2) is 0 Å². The van der Waals surface area contributed by atoms with Crippen molar-refractivity contribution < 1.29 is 24.2 Å². The second kappa shape index (κ2) is 7.32. The fourth-order valence-corrected chi connectivity index (χ4v) is 2.89. The molecule has 7 heteroatoms. The number of rotatable bonds is 6. The number of carbonyl (C=O) groups excluding carboxylic acids is 1. The molecule has 1 aliphatic rings. The molecular formula is C16H22N2O5. The second-order valence-corrected chi connectivity index (χ2v) is 5.50. The number of ether oxygens (including phenoxy) is 2. The molecule has 0 bridgehead atoms. The maximum absolute atomic E-state index is 11.7. The van der Waals surface area contributed by atoms with Crippen LogP contribution in [0.2, 0.25) is 0 Å². The van der Waals surface area contributed by atoms with Gasteiger partial charge in [-0.25, -0.2) is 4.79 Å². The van der Waals surface area contributed by atoms with Gasteiger partial charge in [0, 0.05) is 31.8 Å². The number of amides is 1. The summed E-state index contributed by atoms with van der Waals surface area (Å²) in [4.78, 5) is 25.3. The van der Waals surface area contributed by atoms with Crippen LogP contribution in [-0.4, -0.2) is 56.2 Å². The molecule has 1 fully saturated rings. The standard InChI is InChI=1S/C16H22N2O5/c1-17-15(19)10-4-5-18(8-10)9-13-12(16(20)21)6-11(22-2)7-14(13)23-3/h6-7,10H,4-5,8-9H2,1-3H3,(H,17,19)(H,20,21). The summed E-state index contributed by atoms with van der Waals surface area (Å²) in [7, 11) is 4.61. The monoisotopic (exact) mass is 322 g/mol. The van der Waals surface area contributed by atoms with Crippen molar-refractivity contribution in [3.8, 4) is 11.5 Å². The smallest absolute Gasteiger partial charge is 0.336 e. The van der Waals surface area contributed by atoms with E-state index in [1.54, 1.807) is 13.1 Å². The molecule has 1 saturated heterocycles. The summed E-state index contributed by atoms with van der Waals surface area (Å²) in [6, 6.07) is 3.17. The minimum atomic E-state index is -1.03. The van der Waals surface area contributed by atoms with E-state index in [1.165, 1.54) is 20.3 Å². The first-order valence-corrected chi connectivity index (χ1v) is 7.42. The van der Waals surface area contributed by atoms with Gasteiger partial charge in [-0.2, -0.15) is 0 Å². The third kappa shape index (κ3) is 3.73. The first-order chi connectivity index (χ1) is 11.0. The van der Waals surface area contributed by atoms with Crippen LogP contribution in [0.25, 0.3) is 0 Å². The third-order valence-electron chi connectivity index (χ3n) is 4.14. The van der Waals surface area contributed by atoms with E-state index in [2.05, 4.69) is 10.2 Å². The number of nitrogens with zero attached hydrogens (tertiary/aromatic N) is 1. The Labute approximate surface area is 135 Å². The number of methoxy groups -OCH3 is 2. The highest BCUT2D eigenvalue weighted by Gasteiger charge is 2.29. The lowest BCUT2D eigenvalue weighted by Crippen LogP contribution is -2.30. The molecule has 23 heavy (non-hydrogen) atoms. The van der Waals surface area contributed by atoms with E-state index in [1.807, 2.05) is 0 Å². The van der Waals surface area contributed by atoms with Crippen molar-refractivity contribution in [2.24, 2.45) is 5.92 Å². The summed E-state index contributed by atoms with van der Waals surface area (Å²) < 4.78 is 10.5. The minimum absolute atomic E-state index is 0.0210. The van der Waals surface area contributed by atoms with E-state index in [0.717, 1.165) is 13.0 Å². The fraction of sp³-hybridized carbons (Fsp3) is 0.500. The van der Waals surface area contributed by atoms with Gasteiger partial charge < -0.3 is 19.9 Å². The van der Waals surface area contributed by atoms with Crippen LogP contribution in [0.4, 0.5) is 0 Å². The van der Waals surface area contributed by atoms with Gasteiger partial charge in [0.2, 0.25) is 5.91 Å². The number of nitrogens with one attached hydrogen (secondary N) is 1. The molecule has 2 rings (SSSR count). The fourth-order valence-electron chi connectivity index (χ4n) is 2.89. The average Bonchev–Trinajstić information content (AvgIpc) is 3.02. The second-order valence-electron chi connectivity index (χ2n) is 5.50. The van der Waals surface area contributed by atoms with Gasteiger partial charge in [0.05, 0.1) is 25.7 Å². The summed E-state index contributed by atoms with van der Waals surface area (Å²) in [5, 5.41) is 12.1. The Balaban J connectivity index is 2.25. The lowest BCUT2D eigenvalue weighted by molar-refractivity contribution is -0.124. The van der Waals surface area contributed by atoms with Crippen molar-refractivity contribution in [2.75, 3.05) is 34.4 Å². The van der Waals surface area contributed by atoms with Crippen molar-refractivity contribution in [2.45, 2.75) is 13.0 Å². The molecule has 0 aromatic heterocycles. The van der Waals surface area contributed by atoms with Gasteiger partial charge >= 0.3 is 5.97 Å². The molecule has 1 aliphatic heterocycles. The first kappa shape index (κ1) is 17.1. The molecule has 1 amide bonds. The molecule has 0 saturated carbocycles. The largest absolute Gasteiger partial charge is 0.497 e. The number of benzene rings is 1. The zero-order valence-electron chi connectivity index (χ0n) is 13.6. The summed E-state index contributed by atoms with van der Waals surface area (Å²) in [5.74, 6) is -0.151. The van der Waals surface area contributed by atoms with Crippen LogP contribution in [0, 0.1) is 5.92 Å². The quantitative estimate of drug-likeness (QED) is 0.811. The van der Waals surface area contributed by atoms with Crippen LogP contribution in [0.15, 0.2) is 12.1 Å². The Morgan fingerprint density at radius 2 is 2.09 bits per heavy atom. The van der Waals surface area contributed by atoms with E-state index in [4.69, 9.17) is 9.47 Å². The Morgan fingerprint density at radius 3 is 2.65 bits per heavy atom. The molecule has 2 N–H and O–H groups in total. The predicted octanol–water partition coefficient (Wildman–Crippen LogP) is 0.970. The van der Waals surface area contributed by atoms with Crippen molar-refractivity contribution in [3.63, 3.8) is 0 Å². The molecule has 126 valence electrons. The first-order valence-electron chi connectivity index (χ1n) is 7.42. The van der Waals surface area contributed by atoms with Crippen LogP contribution in [-0.2, 0) is 11.3 Å². The number of likely N-dealkylation sites (tertiary alicyclic amines) is 1. The van der Waals surface area contributed by atoms with Gasteiger partial charge in [-0.05, 0) is 19.0 Å². The lowest BCUT2D eigenvalue weighted by Gasteiger charge is -2.20. The molecule has 1 atom stereocenters. The minimum Gasteiger partial charge on any atom is -0.497 e. The number of carboxylic acid groups (broad SMARTS) is 1. The van der Waals surface area contributed by atoms with Crippen molar-refractivity contribution in [3.05, 3.63) is 23.3 Å². The Kier molecular flexibility index (Phi) is 5.44. The summed E-state index contributed by atoms with van der Waals surface area (Å²) in [6.45, 7) is 1.77. The van der Waals surface area contributed by atoms with Gasteiger partial charge in [-0.15, -0.1) is 0 Å². The Hall–Kier alpha value is -2.28. The molecule has 1 aromatic carbocycles. The molecule has 0 aliphatic carbocycles. The highest BCUT2D eigenvalue weighted by molar-refractivity contribution is 5.91. The Bertz CT molecular complexity index is 602. The number of carbonyl (C=O) groups is 2. The highest BCUT2D eigenvalue weighted by atomic mass is 16.5. The number of hydrogen-bond donors (Lipinski definition) is 2.